The van der Waals surface area contributed by atoms with Crippen LogP contribution in [0.5, 0.6) is 0 Å². The summed E-state index contributed by atoms with van der Waals surface area (Å²) in [5, 5.41) is 10.9. The SMILES string of the molecule is CCn1cc(S(=O)(=O)NCCc2n[nH]c(=S)n2C2CC2)cn1. The zero-order valence-electron chi connectivity index (χ0n) is 12.2. The molecule has 1 fully saturated rings. The van der Waals surface area contributed by atoms with Gasteiger partial charge in [0.1, 0.15) is 10.7 Å². The van der Waals surface area contributed by atoms with Gasteiger partial charge in [-0.25, -0.2) is 13.1 Å². The Bertz CT molecular complexity index is 815. The van der Waals surface area contributed by atoms with Gasteiger partial charge in [-0.05, 0) is 32.0 Å². The maximum absolute atomic E-state index is 12.2. The molecule has 22 heavy (non-hydrogen) atoms. The van der Waals surface area contributed by atoms with Crippen molar-refractivity contribution in [3.63, 3.8) is 0 Å². The summed E-state index contributed by atoms with van der Waals surface area (Å²) in [4.78, 5) is 0.176. The lowest BCUT2D eigenvalue weighted by molar-refractivity contribution is 0.578. The number of nitrogens with one attached hydrogen (secondary N) is 2. The van der Waals surface area contributed by atoms with Crippen LogP contribution in [0.25, 0.3) is 0 Å². The average molecular weight is 342 g/mol. The lowest BCUT2D eigenvalue weighted by atomic mass is 10.4. The molecule has 0 saturated heterocycles. The first-order valence-electron chi connectivity index (χ1n) is 7.19. The predicted octanol–water partition coefficient (Wildman–Crippen LogP) is 1.01. The summed E-state index contributed by atoms with van der Waals surface area (Å²) in [6.07, 6.45) is 5.56. The van der Waals surface area contributed by atoms with Gasteiger partial charge in [0.05, 0.1) is 6.20 Å². The van der Waals surface area contributed by atoms with Gasteiger partial charge in [0, 0.05) is 31.7 Å². The minimum atomic E-state index is -3.54. The van der Waals surface area contributed by atoms with Gasteiger partial charge in [0.25, 0.3) is 0 Å². The van der Waals surface area contributed by atoms with E-state index in [0.29, 0.717) is 23.8 Å². The number of nitrogens with zero attached hydrogens (tertiary/aromatic N) is 4. The second-order valence-corrected chi connectivity index (χ2v) is 7.38. The van der Waals surface area contributed by atoms with Crippen molar-refractivity contribution < 1.29 is 8.42 Å². The lowest BCUT2D eigenvalue weighted by Crippen LogP contribution is -2.26. The summed E-state index contributed by atoms with van der Waals surface area (Å²) in [5.74, 6) is 0.791. The summed E-state index contributed by atoms with van der Waals surface area (Å²) >= 11 is 5.20. The van der Waals surface area contributed by atoms with E-state index in [0.717, 1.165) is 18.7 Å². The van der Waals surface area contributed by atoms with E-state index in [4.69, 9.17) is 12.2 Å². The summed E-state index contributed by atoms with van der Waals surface area (Å²) in [6, 6.07) is 0.417. The number of aromatic amines is 1. The zero-order chi connectivity index (χ0) is 15.7. The van der Waals surface area contributed by atoms with Gasteiger partial charge in [0.2, 0.25) is 10.0 Å². The molecule has 0 atom stereocenters. The Morgan fingerprint density at radius 3 is 2.91 bits per heavy atom. The Hall–Kier alpha value is -1.52. The lowest BCUT2D eigenvalue weighted by Gasteiger charge is -2.06. The molecule has 1 aliphatic rings. The Labute approximate surface area is 133 Å². The zero-order valence-corrected chi connectivity index (χ0v) is 13.8. The van der Waals surface area contributed by atoms with Crippen molar-refractivity contribution in [2.24, 2.45) is 0 Å². The Morgan fingerprint density at radius 1 is 1.50 bits per heavy atom. The molecule has 3 rings (SSSR count). The van der Waals surface area contributed by atoms with E-state index < -0.39 is 10.0 Å². The second-order valence-electron chi connectivity index (χ2n) is 5.23. The Kier molecular flexibility index (Phi) is 4.15. The molecule has 10 heteroatoms. The number of aryl methyl sites for hydroxylation is 1. The summed E-state index contributed by atoms with van der Waals surface area (Å²) in [6.45, 7) is 2.80. The molecule has 0 radical (unpaired) electrons. The quantitative estimate of drug-likeness (QED) is 0.732. The van der Waals surface area contributed by atoms with Crippen LogP contribution in [0.4, 0.5) is 0 Å². The fourth-order valence-corrected chi connectivity index (χ4v) is 3.54. The van der Waals surface area contributed by atoms with Crippen LogP contribution in [-0.2, 0) is 23.0 Å². The van der Waals surface area contributed by atoms with Crippen molar-refractivity contribution in [3.8, 4) is 0 Å². The van der Waals surface area contributed by atoms with Gasteiger partial charge in [-0.1, -0.05) is 0 Å². The van der Waals surface area contributed by atoms with Crippen LogP contribution in [0.15, 0.2) is 17.3 Å². The summed E-state index contributed by atoms with van der Waals surface area (Å²) < 4.78 is 31.1. The molecule has 120 valence electrons. The maximum Gasteiger partial charge on any atom is 0.243 e. The predicted molar refractivity (Wildman–Crippen MR) is 82.5 cm³/mol. The van der Waals surface area contributed by atoms with Crippen molar-refractivity contribution in [1.82, 2.24) is 29.3 Å². The van der Waals surface area contributed by atoms with E-state index in [2.05, 4.69) is 20.0 Å². The standard InChI is InChI=1S/C12H18N6O2S2/c1-2-17-8-10(7-13-17)22(19,20)14-6-5-11-15-16-12(21)18(11)9-3-4-9/h7-9,14H,2-6H2,1H3,(H,16,21). The number of sulfonamides is 1. The molecule has 0 bridgehead atoms. The van der Waals surface area contributed by atoms with Gasteiger partial charge < -0.3 is 4.57 Å². The molecular weight excluding hydrogens is 324 g/mol. The van der Waals surface area contributed by atoms with Crippen molar-refractivity contribution in [2.75, 3.05) is 6.54 Å². The van der Waals surface area contributed by atoms with Crippen molar-refractivity contribution in [2.45, 2.75) is 43.7 Å². The number of rotatable bonds is 7. The molecule has 0 unspecified atom stereocenters. The van der Waals surface area contributed by atoms with Gasteiger partial charge in [-0.15, -0.1) is 0 Å². The van der Waals surface area contributed by atoms with Gasteiger partial charge in [-0.2, -0.15) is 10.2 Å². The van der Waals surface area contributed by atoms with Crippen molar-refractivity contribution in [3.05, 3.63) is 23.0 Å². The highest BCUT2D eigenvalue weighted by Gasteiger charge is 2.27. The van der Waals surface area contributed by atoms with E-state index in [1.54, 1.807) is 4.68 Å². The minimum absolute atomic E-state index is 0.176. The van der Waals surface area contributed by atoms with Gasteiger partial charge >= 0.3 is 0 Å². The first-order valence-corrected chi connectivity index (χ1v) is 9.08. The molecule has 8 nitrogen and oxygen atoms in total. The monoisotopic (exact) mass is 342 g/mol. The number of H-pyrrole nitrogens is 1. The Balaban J connectivity index is 1.64. The van der Waals surface area contributed by atoms with Crippen LogP contribution in [0.1, 0.15) is 31.6 Å². The van der Waals surface area contributed by atoms with Crippen LogP contribution in [0.2, 0.25) is 0 Å². The molecule has 2 aromatic rings. The molecule has 1 saturated carbocycles. The molecular formula is C12H18N6O2S2. The molecule has 1 aliphatic carbocycles. The fraction of sp³-hybridized carbons (Fsp3) is 0.583. The molecule has 2 heterocycles. The van der Waals surface area contributed by atoms with Crippen LogP contribution in [0, 0.1) is 4.77 Å². The molecule has 0 aromatic carbocycles. The normalized spacial score (nSPS) is 15.3. The topological polar surface area (TPSA) is 97.6 Å². The summed E-state index contributed by atoms with van der Waals surface area (Å²) in [5.41, 5.74) is 0. The highest BCUT2D eigenvalue weighted by atomic mass is 32.2. The third-order valence-corrected chi connectivity index (χ3v) is 5.28. The summed E-state index contributed by atoms with van der Waals surface area (Å²) in [7, 11) is -3.54. The fourth-order valence-electron chi connectivity index (χ4n) is 2.26. The largest absolute Gasteiger partial charge is 0.301 e. The molecule has 0 aliphatic heterocycles. The van der Waals surface area contributed by atoms with Crippen molar-refractivity contribution >= 4 is 22.2 Å². The highest BCUT2D eigenvalue weighted by molar-refractivity contribution is 7.89. The Morgan fingerprint density at radius 2 is 2.27 bits per heavy atom. The van der Waals surface area contributed by atoms with E-state index >= 15 is 0 Å². The maximum atomic E-state index is 12.2. The first kappa shape index (κ1) is 15.4. The third-order valence-electron chi connectivity index (χ3n) is 3.57. The molecule has 0 amide bonds. The minimum Gasteiger partial charge on any atom is -0.301 e. The van der Waals surface area contributed by atoms with Crippen LogP contribution in [-0.4, -0.2) is 39.5 Å². The van der Waals surface area contributed by atoms with E-state index in [1.807, 2.05) is 11.5 Å². The van der Waals surface area contributed by atoms with E-state index in [9.17, 15) is 8.42 Å². The number of hydrogen-bond donors (Lipinski definition) is 2. The highest BCUT2D eigenvalue weighted by Crippen LogP contribution is 2.35. The van der Waals surface area contributed by atoms with Crippen molar-refractivity contribution in [1.29, 1.82) is 0 Å². The van der Waals surface area contributed by atoms with Crippen LogP contribution in [0.3, 0.4) is 0 Å². The molecule has 0 spiro atoms. The second kappa shape index (κ2) is 5.94. The van der Waals surface area contributed by atoms with E-state index in [-0.39, 0.29) is 11.4 Å². The first-order chi connectivity index (χ1) is 10.5. The van der Waals surface area contributed by atoms with E-state index in [1.165, 1.54) is 12.4 Å². The number of aromatic nitrogens is 5. The van der Waals surface area contributed by atoms with Crippen LogP contribution < -0.4 is 4.72 Å². The van der Waals surface area contributed by atoms with Gasteiger partial charge in [0.15, 0.2) is 4.77 Å². The smallest absolute Gasteiger partial charge is 0.243 e. The molecule has 2 aromatic heterocycles. The number of hydrogen-bond acceptors (Lipinski definition) is 5. The van der Waals surface area contributed by atoms with Gasteiger partial charge in [-0.3, -0.25) is 9.78 Å². The van der Waals surface area contributed by atoms with Crippen LogP contribution >= 0.6 is 12.2 Å². The molecule has 2 N–H and O–H groups in total. The third kappa shape index (κ3) is 3.13. The average Bonchev–Trinajstić information content (AvgIpc) is 3.06.